The minimum absolute atomic E-state index is 0.0607. The molecule has 1 aromatic heterocycles. The Hall–Kier alpha value is -3.04. The molecule has 0 aliphatic rings. The van der Waals surface area contributed by atoms with E-state index in [2.05, 4.69) is 20.8 Å². The Morgan fingerprint density at radius 1 is 1.06 bits per heavy atom. The molecule has 0 saturated carbocycles. The Kier molecular flexibility index (Phi) is 7.91. The van der Waals surface area contributed by atoms with E-state index in [1.54, 1.807) is 24.3 Å². The molecule has 2 aromatic carbocycles. The van der Waals surface area contributed by atoms with Crippen molar-refractivity contribution in [3.63, 3.8) is 0 Å². The summed E-state index contributed by atoms with van der Waals surface area (Å²) in [6.45, 7) is 3.85. The van der Waals surface area contributed by atoms with Gasteiger partial charge in [0.05, 0.1) is 12.3 Å². The van der Waals surface area contributed by atoms with Gasteiger partial charge in [0.1, 0.15) is 5.75 Å². The molecule has 2 N–H and O–H groups in total. The normalized spacial score (nSPS) is 10.5. The van der Waals surface area contributed by atoms with E-state index < -0.39 is 0 Å². The van der Waals surface area contributed by atoms with Gasteiger partial charge in [0.15, 0.2) is 6.61 Å². The third-order valence-electron chi connectivity index (χ3n) is 3.90. The van der Waals surface area contributed by atoms with E-state index in [1.807, 2.05) is 32.0 Å². The number of nitrogens with zero attached hydrogens (tertiary/aromatic N) is 2. The molecule has 0 bridgehead atoms. The number of anilines is 1. The van der Waals surface area contributed by atoms with Crippen LogP contribution in [-0.2, 0) is 16.1 Å². The molecule has 2 amide bonds. The molecular weight excluding hydrogens is 440 g/mol. The van der Waals surface area contributed by atoms with Crippen LogP contribution in [0.3, 0.4) is 0 Å². The fourth-order valence-electron chi connectivity index (χ4n) is 2.64. The van der Waals surface area contributed by atoms with Gasteiger partial charge in [-0.25, -0.2) is 0 Å². The van der Waals surface area contributed by atoms with Crippen molar-refractivity contribution in [3.05, 3.63) is 64.5 Å². The summed E-state index contributed by atoms with van der Waals surface area (Å²) in [5, 5.41) is 14.0. The average molecular weight is 461 g/mol. The molecule has 3 aromatic rings. The zero-order valence-corrected chi connectivity index (χ0v) is 18.5. The fourth-order valence-corrected chi connectivity index (χ4v) is 3.35. The second-order valence-electron chi connectivity index (χ2n) is 6.69. The van der Waals surface area contributed by atoms with Gasteiger partial charge in [-0.2, -0.15) is 0 Å². The Balaban J connectivity index is 1.38. The second kappa shape index (κ2) is 10.8. The number of amides is 2. The van der Waals surface area contributed by atoms with Gasteiger partial charge in [-0.15, -0.1) is 10.2 Å². The lowest BCUT2D eigenvalue weighted by Crippen LogP contribution is -2.28. The minimum Gasteiger partial charge on any atom is -0.484 e. The maximum atomic E-state index is 12.1. The lowest BCUT2D eigenvalue weighted by molar-refractivity contribution is -0.123. The standard InChI is InChI=1S/C21H21ClN4O4S/c1-13-7-14(2)9-16(8-13)24-19(28)12-31-21-26-25-20(30-21)10-23-18(27)11-29-17-5-3-15(22)4-6-17/h3-9H,10-12H2,1-2H3,(H,23,27)(H,24,28). The first-order chi connectivity index (χ1) is 14.9. The Morgan fingerprint density at radius 3 is 2.48 bits per heavy atom. The summed E-state index contributed by atoms with van der Waals surface area (Å²) in [4.78, 5) is 24.0. The van der Waals surface area contributed by atoms with Crippen molar-refractivity contribution in [1.82, 2.24) is 15.5 Å². The number of aryl methyl sites for hydroxylation is 2. The van der Waals surface area contributed by atoms with Crippen molar-refractivity contribution in [1.29, 1.82) is 0 Å². The van der Waals surface area contributed by atoms with Gasteiger partial charge in [0.25, 0.3) is 11.1 Å². The first-order valence-electron chi connectivity index (χ1n) is 9.36. The first-order valence-corrected chi connectivity index (χ1v) is 10.7. The van der Waals surface area contributed by atoms with E-state index >= 15 is 0 Å². The van der Waals surface area contributed by atoms with E-state index in [-0.39, 0.29) is 41.8 Å². The molecule has 0 spiro atoms. The van der Waals surface area contributed by atoms with Gasteiger partial charge in [-0.05, 0) is 61.4 Å². The lowest BCUT2D eigenvalue weighted by atomic mass is 10.1. The van der Waals surface area contributed by atoms with Crippen molar-refractivity contribution < 1.29 is 18.7 Å². The molecule has 162 valence electrons. The summed E-state index contributed by atoms with van der Waals surface area (Å²) in [5.41, 5.74) is 2.90. The van der Waals surface area contributed by atoms with Crippen LogP contribution in [0.5, 0.6) is 5.75 Å². The van der Waals surface area contributed by atoms with E-state index in [9.17, 15) is 9.59 Å². The van der Waals surface area contributed by atoms with E-state index in [1.165, 1.54) is 0 Å². The van der Waals surface area contributed by atoms with Crippen LogP contribution in [0.25, 0.3) is 0 Å². The summed E-state index contributed by atoms with van der Waals surface area (Å²) in [6, 6.07) is 12.5. The maximum Gasteiger partial charge on any atom is 0.277 e. The van der Waals surface area contributed by atoms with Gasteiger partial charge < -0.3 is 19.8 Å². The highest BCUT2D eigenvalue weighted by Crippen LogP contribution is 2.18. The van der Waals surface area contributed by atoms with Crippen LogP contribution >= 0.6 is 23.4 Å². The molecule has 0 saturated heterocycles. The number of hydrogen-bond acceptors (Lipinski definition) is 7. The number of nitrogens with one attached hydrogen (secondary N) is 2. The summed E-state index contributed by atoms with van der Waals surface area (Å²) >= 11 is 6.92. The van der Waals surface area contributed by atoms with Crippen molar-refractivity contribution in [2.75, 3.05) is 17.7 Å². The SMILES string of the molecule is Cc1cc(C)cc(NC(=O)CSc2nnc(CNC(=O)COc3ccc(Cl)cc3)o2)c1. The highest BCUT2D eigenvalue weighted by atomic mass is 35.5. The number of aromatic nitrogens is 2. The molecule has 1 heterocycles. The highest BCUT2D eigenvalue weighted by Gasteiger charge is 2.11. The number of ether oxygens (including phenoxy) is 1. The smallest absolute Gasteiger partial charge is 0.277 e. The average Bonchev–Trinajstić information content (AvgIpc) is 3.17. The largest absolute Gasteiger partial charge is 0.484 e. The molecule has 3 rings (SSSR count). The monoisotopic (exact) mass is 460 g/mol. The van der Waals surface area contributed by atoms with E-state index in [4.69, 9.17) is 20.8 Å². The van der Waals surface area contributed by atoms with Crippen LogP contribution < -0.4 is 15.4 Å². The van der Waals surface area contributed by atoms with Gasteiger partial charge in [-0.3, -0.25) is 9.59 Å². The molecule has 8 nitrogen and oxygen atoms in total. The number of thioether (sulfide) groups is 1. The van der Waals surface area contributed by atoms with Crippen LogP contribution in [0.1, 0.15) is 17.0 Å². The van der Waals surface area contributed by atoms with Crippen LogP contribution in [0.15, 0.2) is 52.1 Å². The first kappa shape index (κ1) is 22.6. The number of carbonyl (C=O) groups is 2. The molecule has 31 heavy (non-hydrogen) atoms. The van der Waals surface area contributed by atoms with Crippen LogP contribution in [0.4, 0.5) is 5.69 Å². The summed E-state index contributed by atoms with van der Waals surface area (Å²) in [7, 11) is 0. The van der Waals surface area contributed by atoms with Crippen molar-refractivity contribution in [2.24, 2.45) is 0 Å². The summed E-state index contributed by atoms with van der Waals surface area (Å²) < 4.78 is 10.8. The van der Waals surface area contributed by atoms with Crippen molar-refractivity contribution in [2.45, 2.75) is 25.6 Å². The van der Waals surface area contributed by atoms with Crippen molar-refractivity contribution >= 4 is 40.9 Å². The number of benzene rings is 2. The van der Waals surface area contributed by atoms with Gasteiger partial charge in [-0.1, -0.05) is 29.4 Å². The minimum atomic E-state index is -0.338. The molecule has 10 heteroatoms. The van der Waals surface area contributed by atoms with Crippen LogP contribution in [-0.4, -0.2) is 34.4 Å². The molecule has 0 aliphatic carbocycles. The maximum absolute atomic E-state index is 12.1. The third kappa shape index (κ3) is 7.62. The summed E-state index contributed by atoms with van der Waals surface area (Å²) in [6.07, 6.45) is 0. The van der Waals surface area contributed by atoms with Crippen molar-refractivity contribution in [3.8, 4) is 5.75 Å². The number of halogens is 1. The zero-order chi connectivity index (χ0) is 22.2. The summed E-state index contributed by atoms with van der Waals surface area (Å²) in [5.74, 6) is 0.375. The predicted octanol–water partition coefficient (Wildman–Crippen LogP) is 3.77. The molecular formula is C21H21ClN4O4S. The quantitative estimate of drug-likeness (QED) is 0.468. The third-order valence-corrected chi connectivity index (χ3v) is 4.97. The predicted molar refractivity (Wildman–Crippen MR) is 118 cm³/mol. The van der Waals surface area contributed by atoms with Crippen LogP contribution in [0.2, 0.25) is 5.02 Å². The van der Waals surface area contributed by atoms with Gasteiger partial charge in [0.2, 0.25) is 11.8 Å². The molecule has 0 fully saturated rings. The van der Waals surface area contributed by atoms with E-state index in [0.717, 1.165) is 28.6 Å². The zero-order valence-electron chi connectivity index (χ0n) is 17.0. The molecule has 0 radical (unpaired) electrons. The highest BCUT2D eigenvalue weighted by molar-refractivity contribution is 7.99. The van der Waals surface area contributed by atoms with E-state index in [0.29, 0.717) is 10.8 Å². The van der Waals surface area contributed by atoms with Crippen LogP contribution in [0, 0.1) is 13.8 Å². The lowest BCUT2D eigenvalue weighted by Gasteiger charge is -2.06. The van der Waals surface area contributed by atoms with Gasteiger partial charge >= 0.3 is 0 Å². The Bertz CT molecular complexity index is 1040. The number of hydrogen-bond donors (Lipinski definition) is 2. The Labute approximate surface area is 188 Å². The molecule has 0 unspecified atom stereocenters. The topological polar surface area (TPSA) is 106 Å². The number of carbonyl (C=O) groups excluding carboxylic acids is 2. The fraction of sp³-hybridized carbons (Fsp3) is 0.238. The van der Waals surface area contributed by atoms with Gasteiger partial charge in [0, 0.05) is 10.7 Å². The molecule has 0 aliphatic heterocycles. The Morgan fingerprint density at radius 2 is 1.77 bits per heavy atom. The number of rotatable bonds is 9. The molecule has 0 atom stereocenters. The second-order valence-corrected chi connectivity index (χ2v) is 8.06.